The Hall–Kier alpha value is -4.19. The highest BCUT2D eigenvalue weighted by Crippen LogP contribution is 2.14. The molecule has 0 rings (SSSR count). The third-order valence-corrected chi connectivity index (χ3v) is 12.4. The van der Waals surface area contributed by atoms with Crippen LogP contribution in [0.5, 0.6) is 0 Å². The molecule has 0 N–H and O–H groups in total. The lowest BCUT2D eigenvalue weighted by Gasteiger charge is -2.18. The van der Waals surface area contributed by atoms with Crippen molar-refractivity contribution in [1.82, 2.24) is 0 Å². The summed E-state index contributed by atoms with van der Waals surface area (Å²) >= 11 is 0. The molecule has 1 unspecified atom stereocenters. The van der Waals surface area contributed by atoms with Gasteiger partial charge < -0.3 is 14.2 Å². The molecule has 0 aliphatic heterocycles. The summed E-state index contributed by atoms with van der Waals surface area (Å²) in [6.07, 6.45) is 83.3. The van der Waals surface area contributed by atoms with E-state index >= 15 is 0 Å². The molecule has 0 fully saturated rings. The Kier molecular flexibility index (Phi) is 56.9. The smallest absolute Gasteiger partial charge is 0.306 e. The molecule has 0 saturated carbocycles. The lowest BCUT2D eigenvalue weighted by molar-refractivity contribution is -0.167. The van der Waals surface area contributed by atoms with Gasteiger partial charge in [-0.1, -0.05) is 239 Å². The van der Waals surface area contributed by atoms with Crippen LogP contribution in [0.3, 0.4) is 0 Å². The minimum Gasteiger partial charge on any atom is -0.462 e. The average molecular weight is 1010 g/mol. The minimum absolute atomic E-state index is 0.104. The van der Waals surface area contributed by atoms with Gasteiger partial charge in [0.1, 0.15) is 13.2 Å². The molecule has 0 heterocycles. The van der Waals surface area contributed by atoms with Crippen molar-refractivity contribution in [3.63, 3.8) is 0 Å². The number of esters is 3. The van der Waals surface area contributed by atoms with Gasteiger partial charge in [0, 0.05) is 19.3 Å². The summed E-state index contributed by atoms with van der Waals surface area (Å²) < 4.78 is 16.8. The second-order valence-corrected chi connectivity index (χ2v) is 19.5. The molecule has 73 heavy (non-hydrogen) atoms. The van der Waals surface area contributed by atoms with Crippen molar-refractivity contribution in [2.75, 3.05) is 13.2 Å². The fraction of sp³-hybridized carbons (Fsp3) is 0.657. The normalized spacial score (nSPS) is 13.0. The first-order valence-electron chi connectivity index (χ1n) is 30.0. The van der Waals surface area contributed by atoms with Gasteiger partial charge in [-0.2, -0.15) is 0 Å². The zero-order valence-electron chi connectivity index (χ0n) is 47.4. The molecule has 414 valence electrons. The predicted octanol–water partition coefficient (Wildman–Crippen LogP) is 20.4. The van der Waals surface area contributed by atoms with E-state index in [1.807, 2.05) is 0 Å². The van der Waals surface area contributed by atoms with E-state index in [4.69, 9.17) is 14.2 Å². The summed E-state index contributed by atoms with van der Waals surface area (Å²) in [5, 5.41) is 0. The SMILES string of the molecule is CC/C=C\C/C=C\C/C=C\C/C=C\C/C=C\C/C=C\CCCCC(=O)OCC(COC(=O)CCCCCCC/C=C\C/C=C\CCC)OC(=O)CCCCCCCCCCC/C=C\C/C=C\CCCCCCC. The quantitative estimate of drug-likeness (QED) is 0.0261. The van der Waals surface area contributed by atoms with Crippen LogP contribution >= 0.6 is 0 Å². The van der Waals surface area contributed by atoms with Crippen molar-refractivity contribution in [3.8, 4) is 0 Å². The number of hydrogen-bond acceptors (Lipinski definition) is 6. The van der Waals surface area contributed by atoms with Gasteiger partial charge in [-0.3, -0.25) is 14.4 Å². The average Bonchev–Trinajstić information content (AvgIpc) is 3.39. The highest BCUT2D eigenvalue weighted by molar-refractivity contribution is 5.71. The molecular weight excluding hydrogens is 901 g/mol. The number of rotatable bonds is 53. The first-order valence-corrected chi connectivity index (χ1v) is 30.0. The monoisotopic (exact) mass is 1010 g/mol. The Bertz CT molecular complexity index is 1540. The molecule has 6 heteroatoms. The first kappa shape index (κ1) is 68.8. The van der Waals surface area contributed by atoms with Crippen LogP contribution in [0.25, 0.3) is 0 Å². The lowest BCUT2D eigenvalue weighted by Crippen LogP contribution is -2.30. The molecule has 0 aromatic carbocycles. The Balaban J connectivity index is 4.47. The molecule has 0 bridgehead atoms. The summed E-state index contributed by atoms with van der Waals surface area (Å²) in [6.45, 7) is 6.40. The van der Waals surface area contributed by atoms with Gasteiger partial charge in [0.25, 0.3) is 0 Å². The summed E-state index contributed by atoms with van der Waals surface area (Å²) in [4.78, 5) is 38.2. The highest BCUT2D eigenvalue weighted by atomic mass is 16.6. The van der Waals surface area contributed by atoms with Gasteiger partial charge in [-0.05, 0) is 128 Å². The molecule has 0 spiro atoms. The minimum atomic E-state index is -0.809. The van der Waals surface area contributed by atoms with Crippen LogP contribution in [-0.4, -0.2) is 37.2 Å². The highest BCUT2D eigenvalue weighted by Gasteiger charge is 2.19. The van der Waals surface area contributed by atoms with Gasteiger partial charge in [-0.15, -0.1) is 0 Å². The Labute approximate surface area is 450 Å². The summed E-state index contributed by atoms with van der Waals surface area (Å²) in [5.74, 6) is -0.966. The van der Waals surface area contributed by atoms with Crippen LogP contribution in [0.2, 0.25) is 0 Å². The zero-order chi connectivity index (χ0) is 52.9. The number of carbonyl (C=O) groups is 3. The van der Waals surface area contributed by atoms with Gasteiger partial charge in [0.15, 0.2) is 6.10 Å². The van der Waals surface area contributed by atoms with Crippen molar-refractivity contribution < 1.29 is 28.6 Å². The Morgan fingerprint density at radius 1 is 0.288 bits per heavy atom. The molecule has 0 radical (unpaired) electrons. The molecule has 0 aliphatic rings. The fourth-order valence-electron chi connectivity index (χ4n) is 7.92. The number of ether oxygens (including phenoxy) is 3. The van der Waals surface area contributed by atoms with E-state index in [0.717, 1.165) is 128 Å². The fourth-order valence-corrected chi connectivity index (χ4v) is 7.92. The molecule has 0 aliphatic carbocycles. The van der Waals surface area contributed by atoms with Gasteiger partial charge in [-0.25, -0.2) is 0 Å². The number of carbonyl (C=O) groups excluding carboxylic acids is 3. The zero-order valence-corrected chi connectivity index (χ0v) is 47.4. The van der Waals surface area contributed by atoms with Crippen LogP contribution in [0, 0.1) is 0 Å². The summed E-state index contributed by atoms with van der Waals surface area (Å²) in [5.41, 5.74) is 0. The van der Waals surface area contributed by atoms with E-state index in [9.17, 15) is 14.4 Å². The van der Waals surface area contributed by atoms with E-state index in [1.165, 1.54) is 89.9 Å². The van der Waals surface area contributed by atoms with Crippen molar-refractivity contribution >= 4 is 17.9 Å². The second-order valence-electron chi connectivity index (χ2n) is 19.5. The maximum atomic E-state index is 12.9. The van der Waals surface area contributed by atoms with Crippen molar-refractivity contribution in [2.24, 2.45) is 0 Å². The third-order valence-electron chi connectivity index (χ3n) is 12.4. The van der Waals surface area contributed by atoms with Crippen molar-refractivity contribution in [1.29, 1.82) is 0 Å². The molecule has 0 saturated heterocycles. The summed E-state index contributed by atoms with van der Waals surface area (Å²) in [6, 6.07) is 0. The van der Waals surface area contributed by atoms with Crippen molar-refractivity contribution in [2.45, 2.75) is 271 Å². The van der Waals surface area contributed by atoms with Crippen LogP contribution in [0.15, 0.2) is 122 Å². The van der Waals surface area contributed by atoms with Crippen LogP contribution in [-0.2, 0) is 28.6 Å². The molecule has 0 amide bonds. The molecule has 0 aromatic rings. The molecular formula is C67H110O6. The number of hydrogen-bond donors (Lipinski definition) is 0. The van der Waals surface area contributed by atoms with Gasteiger partial charge in [0.05, 0.1) is 0 Å². The maximum absolute atomic E-state index is 12.9. The van der Waals surface area contributed by atoms with Gasteiger partial charge in [0.2, 0.25) is 0 Å². The van der Waals surface area contributed by atoms with E-state index in [0.29, 0.717) is 25.7 Å². The number of allylic oxidation sites excluding steroid dienone is 20. The van der Waals surface area contributed by atoms with Crippen LogP contribution in [0.4, 0.5) is 0 Å². The largest absolute Gasteiger partial charge is 0.462 e. The van der Waals surface area contributed by atoms with E-state index in [2.05, 4.69) is 142 Å². The van der Waals surface area contributed by atoms with Crippen LogP contribution < -0.4 is 0 Å². The van der Waals surface area contributed by atoms with E-state index < -0.39 is 6.10 Å². The molecule has 6 nitrogen and oxygen atoms in total. The molecule has 0 aromatic heterocycles. The van der Waals surface area contributed by atoms with Crippen molar-refractivity contribution in [3.05, 3.63) is 122 Å². The third kappa shape index (κ3) is 58.6. The van der Waals surface area contributed by atoms with E-state index in [-0.39, 0.29) is 31.1 Å². The maximum Gasteiger partial charge on any atom is 0.306 e. The Morgan fingerprint density at radius 3 is 0.918 bits per heavy atom. The Morgan fingerprint density at radius 2 is 0.562 bits per heavy atom. The lowest BCUT2D eigenvalue weighted by atomic mass is 10.1. The summed E-state index contributed by atoms with van der Waals surface area (Å²) in [7, 11) is 0. The van der Waals surface area contributed by atoms with Crippen LogP contribution in [0.1, 0.15) is 265 Å². The molecule has 1 atom stereocenters. The second kappa shape index (κ2) is 60.4. The van der Waals surface area contributed by atoms with E-state index in [1.54, 1.807) is 0 Å². The number of unbranched alkanes of at least 4 members (excludes halogenated alkanes) is 22. The standard InChI is InChI=1S/C67H110O6/c1-4-7-10-13-16-19-22-25-27-29-31-33-35-37-39-42-45-48-51-54-57-60-66(69)72-63-64(62-71-65(68)59-56-53-50-47-44-41-24-21-18-15-12-9-6-3)73-67(70)61-58-55-52-49-46-43-40-38-36-34-32-30-28-26-23-20-17-14-11-8-5-2/h7,10,12,15-16,19,21,23-27,30-33,37,39,45,48,64H,4-6,8-9,11,13-14,17-18,20,22,28-29,34-36,38,40-44,46-47,49-63H2,1-3H3/b10-7-,15-12-,19-16-,24-21-,26-23-,27-25-,32-30-,33-31-,39-37-,48-45-. The first-order chi connectivity index (χ1) is 36.0. The predicted molar refractivity (Wildman–Crippen MR) is 316 cm³/mol. The van der Waals surface area contributed by atoms with Gasteiger partial charge >= 0.3 is 17.9 Å². The topological polar surface area (TPSA) is 78.9 Å².